The van der Waals surface area contributed by atoms with Crippen LogP contribution in [-0.4, -0.2) is 38.9 Å². The number of hydrogen-bond donors (Lipinski definition) is 5. The van der Waals surface area contributed by atoms with Crippen molar-refractivity contribution < 1.29 is 44.0 Å². The summed E-state index contributed by atoms with van der Waals surface area (Å²) >= 11 is 0. The van der Waals surface area contributed by atoms with E-state index in [9.17, 15) is 44.0 Å². The molecule has 0 saturated heterocycles. The Morgan fingerprint density at radius 3 is 1.91 bits per heavy atom. The Bertz CT molecular complexity index is 1660. The Labute approximate surface area is 186 Å². The molecule has 0 spiro atoms. The second kappa shape index (κ2) is 7.90. The van der Waals surface area contributed by atoms with Gasteiger partial charge in [0.05, 0.1) is 10.6 Å². The van der Waals surface area contributed by atoms with E-state index >= 15 is 0 Å². The van der Waals surface area contributed by atoms with Crippen molar-refractivity contribution in [2.24, 2.45) is 10.2 Å². The van der Waals surface area contributed by atoms with Gasteiger partial charge in [-0.3, -0.25) is 13.7 Å². The maximum atomic E-state index is 12.6. The van der Waals surface area contributed by atoms with Gasteiger partial charge in [0.25, 0.3) is 30.4 Å². The van der Waals surface area contributed by atoms with Crippen molar-refractivity contribution in [1.29, 1.82) is 0 Å². The van der Waals surface area contributed by atoms with Crippen molar-refractivity contribution in [3.8, 4) is 5.75 Å². The third kappa shape index (κ3) is 4.87. The lowest BCUT2D eigenvalue weighted by atomic mass is 10.1. The highest BCUT2D eigenvalue weighted by molar-refractivity contribution is 7.86. The smallest absolute Gasteiger partial charge is 0.296 e. The van der Waals surface area contributed by atoms with E-state index in [-0.39, 0.29) is 5.69 Å². The molecule has 0 aliphatic carbocycles. The Balaban J connectivity index is 2.41. The van der Waals surface area contributed by atoms with Gasteiger partial charge in [0.2, 0.25) is 0 Å². The Morgan fingerprint density at radius 1 is 0.758 bits per heavy atom. The molecule has 14 nitrogen and oxygen atoms in total. The fourth-order valence-electron chi connectivity index (χ4n) is 2.84. The molecule has 0 aliphatic rings. The van der Waals surface area contributed by atoms with Crippen LogP contribution in [0.2, 0.25) is 0 Å². The Morgan fingerprint density at radius 2 is 1.36 bits per heavy atom. The normalized spacial score (nSPS) is 13.1. The minimum absolute atomic E-state index is 0.0560. The van der Waals surface area contributed by atoms with Gasteiger partial charge in [0.1, 0.15) is 21.2 Å². The van der Waals surface area contributed by atoms with Crippen LogP contribution in [0.5, 0.6) is 5.75 Å². The summed E-state index contributed by atoms with van der Waals surface area (Å²) in [6.07, 6.45) is 0. The van der Waals surface area contributed by atoms with Crippen molar-refractivity contribution in [3.63, 3.8) is 0 Å². The number of nitrogens with zero attached hydrogens (tertiary/aromatic N) is 2. The summed E-state index contributed by atoms with van der Waals surface area (Å²) in [5.74, 6) is -1.07. The quantitative estimate of drug-likeness (QED) is 0.182. The maximum absolute atomic E-state index is 12.6. The van der Waals surface area contributed by atoms with Crippen molar-refractivity contribution in [1.82, 2.24) is 0 Å². The van der Waals surface area contributed by atoms with Gasteiger partial charge in [-0.2, -0.15) is 25.3 Å². The summed E-state index contributed by atoms with van der Waals surface area (Å²) in [7, 11) is -14.7. The van der Waals surface area contributed by atoms with Gasteiger partial charge in [-0.05, 0) is 41.8 Å². The first kappa shape index (κ1) is 24.3. The van der Waals surface area contributed by atoms with E-state index in [1.165, 1.54) is 6.07 Å². The van der Waals surface area contributed by atoms with Crippen LogP contribution >= 0.6 is 0 Å². The second-order valence-electron chi connectivity index (χ2n) is 6.51. The molecule has 17 heteroatoms. The van der Waals surface area contributed by atoms with Gasteiger partial charge in [0.15, 0.2) is 0 Å². The van der Waals surface area contributed by atoms with Gasteiger partial charge in [-0.1, -0.05) is 5.75 Å². The zero-order chi connectivity index (χ0) is 24.9. The Kier molecular flexibility index (Phi) is 5.82. The molecule has 0 fully saturated rings. The van der Waals surface area contributed by atoms with Crippen LogP contribution in [0.25, 0.3) is 10.8 Å². The molecule has 0 heterocycles. The van der Waals surface area contributed by atoms with E-state index in [4.69, 9.17) is 11.5 Å². The molecule has 0 bridgehead atoms. The zero-order valence-corrected chi connectivity index (χ0v) is 18.4. The average Bonchev–Trinajstić information content (AvgIpc) is 2.65. The molecule has 0 saturated carbocycles. The van der Waals surface area contributed by atoms with E-state index in [0.717, 1.165) is 18.2 Å². The SMILES string of the molecule is Nc1ccc(N=Nc2c(N)c(S(=O)(=O)O)cc3cc(S(=O)(=O)O)cc([O-])c23)c(S(=O)(=O)O)c1. The molecule has 0 amide bonds. The summed E-state index contributed by atoms with van der Waals surface area (Å²) in [4.78, 5) is -2.61. The minimum atomic E-state index is -5.02. The molecule has 7 N–H and O–H groups in total. The summed E-state index contributed by atoms with van der Waals surface area (Å²) in [5, 5.41) is 18.9. The lowest BCUT2D eigenvalue weighted by Crippen LogP contribution is -2.06. The maximum Gasteiger partial charge on any atom is 0.296 e. The topological polar surface area (TPSA) is 263 Å². The number of nitrogen functional groups attached to an aromatic ring is 2. The number of rotatable bonds is 5. The second-order valence-corrected chi connectivity index (χ2v) is 10.7. The third-order valence-electron chi connectivity index (χ3n) is 4.25. The standard InChI is InChI=1S/C16H14N4O10S3/c17-8-1-2-10(12(5-8)32(25,26)27)19-20-16-14-7(4-13(15(16)18)33(28,29)30)3-9(6-11(14)21)31(22,23)24/h1-6,21H,17-18H2,(H,22,23,24)(H,25,26,27)(H,28,29,30)/p-1. The Hall–Kier alpha value is -3.35. The van der Waals surface area contributed by atoms with Crippen molar-refractivity contribution >= 4 is 63.9 Å². The van der Waals surface area contributed by atoms with Crippen molar-refractivity contribution in [2.75, 3.05) is 11.5 Å². The van der Waals surface area contributed by atoms with Gasteiger partial charge >= 0.3 is 0 Å². The lowest BCUT2D eigenvalue weighted by Gasteiger charge is -2.17. The summed E-state index contributed by atoms with van der Waals surface area (Å²) < 4.78 is 97.6. The van der Waals surface area contributed by atoms with Crippen LogP contribution < -0.4 is 16.6 Å². The number of fused-ring (bicyclic) bond motifs is 1. The van der Waals surface area contributed by atoms with Crippen LogP contribution in [-0.2, 0) is 30.4 Å². The molecule has 33 heavy (non-hydrogen) atoms. The minimum Gasteiger partial charge on any atom is -0.872 e. The van der Waals surface area contributed by atoms with E-state index in [0.29, 0.717) is 12.1 Å². The fourth-order valence-corrected chi connectivity index (χ4v) is 4.68. The molecule has 0 aliphatic heterocycles. The largest absolute Gasteiger partial charge is 0.872 e. The summed E-state index contributed by atoms with van der Waals surface area (Å²) in [5.41, 5.74) is 9.29. The van der Waals surface area contributed by atoms with Crippen LogP contribution in [0.15, 0.2) is 61.3 Å². The highest BCUT2D eigenvalue weighted by Gasteiger charge is 2.23. The first-order valence-corrected chi connectivity index (χ1v) is 12.6. The molecule has 0 atom stereocenters. The van der Waals surface area contributed by atoms with Crippen LogP contribution in [0.1, 0.15) is 0 Å². The molecule has 176 valence electrons. The lowest BCUT2D eigenvalue weighted by molar-refractivity contribution is -0.266. The molecule has 3 aromatic rings. The number of anilines is 2. The van der Waals surface area contributed by atoms with E-state index < -0.39 is 78.6 Å². The first-order chi connectivity index (χ1) is 15.0. The number of benzene rings is 3. The highest BCUT2D eigenvalue weighted by Crippen LogP contribution is 2.43. The average molecular weight is 517 g/mol. The van der Waals surface area contributed by atoms with Gasteiger partial charge < -0.3 is 16.6 Å². The monoisotopic (exact) mass is 517 g/mol. The first-order valence-electron chi connectivity index (χ1n) is 8.31. The summed E-state index contributed by atoms with van der Waals surface area (Å²) in [6, 6.07) is 5.03. The van der Waals surface area contributed by atoms with Crippen LogP contribution in [0, 0.1) is 0 Å². The van der Waals surface area contributed by atoms with Crippen molar-refractivity contribution in [2.45, 2.75) is 14.7 Å². The predicted molar refractivity (Wildman–Crippen MR) is 112 cm³/mol. The fraction of sp³-hybridized carbons (Fsp3) is 0. The van der Waals surface area contributed by atoms with Gasteiger partial charge in [-0.15, -0.1) is 10.2 Å². The molecular formula is C16H13N4O10S3-. The van der Waals surface area contributed by atoms with Gasteiger partial charge in [0, 0.05) is 11.1 Å². The van der Waals surface area contributed by atoms with Crippen LogP contribution in [0.3, 0.4) is 0 Å². The number of nitrogens with two attached hydrogens (primary N) is 2. The molecule has 0 radical (unpaired) electrons. The highest BCUT2D eigenvalue weighted by atomic mass is 32.2. The third-order valence-corrected chi connectivity index (χ3v) is 6.85. The summed E-state index contributed by atoms with van der Waals surface area (Å²) in [6.45, 7) is 0. The van der Waals surface area contributed by atoms with E-state index in [1.54, 1.807) is 0 Å². The molecule has 3 aromatic carbocycles. The molecule has 0 aromatic heterocycles. The zero-order valence-electron chi connectivity index (χ0n) is 15.9. The predicted octanol–water partition coefficient (Wildman–Crippen LogP) is 1.23. The van der Waals surface area contributed by atoms with E-state index in [2.05, 4.69) is 10.2 Å². The number of hydrogen-bond acceptors (Lipinski definition) is 11. The molecular weight excluding hydrogens is 504 g/mol. The van der Waals surface area contributed by atoms with Crippen LogP contribution in [0.4, 0.5) is 22.7 Å². The number of azo groups is 1. The molecule has 0 unspecified atom stereocenters. The van der Waals surface area contributed by atoms with Gasteiger partial charge in [-0.25, -0.2) is 0 Å². The molecule has 3 rings (SSSR count). The van der Waals surface area contributed by atoms with Crippen molar-refractivity contribution in [3.05, 3.63) is 36.4 Å². The van der Waals surface area contributed by atoms with E-state index in [1.807, 2.05) is 0 Å².